The average molecular weight is 318 g/mol. The number of rotatable bonds is 2. The van der Waals surface area contributed by atoms with E-state index in [1.54, 1.807) is 37.3 Å². The normalized spacial score (nSPS) is 11.8. The molecular weight excluding hydrogens is 305 g/mol. The van der Waals surface area contributed by atoms with Crippen LogP contribution >= 0.6 is 0 Å². The van der Waals surface area contributed by atoms with Crippen LogP contribution in [0.15, 0.2) is 53.3 Å². The fourth-order valence-corrected chi connectivity index (χ4v) is 2.49. The Bertz CT molecular complexity index is 929. The van der Waals surface area contributed by atoms with Crippen LogP contribution in [0.3, 0.4) is 0 Å². The first-order valence-electron chi connectivity index (χ1n) is 6.98. The highest BCUT2D eigenvalue weighted by atomic mass is 19.4. The van der Waals surface area contributed by atoms with Crippen molar-refractivity contribution in [3.05, 3.63) is 75.8 Å². The minimum atomic E-state index is -4.41. The molecule has 2 aromatic carbocycles. The predicted octanol–water partition coefficient (Wildman–Crippen LogP) is 3.77. The monoisotopic (exact) mass is 318 g/mol. The summed E-state index contributed by atoms with van der Waals surface area (Å²) in [6.07, 6.45) is -4.41. The molecule has 0 atom stereocenters. The number of aryl methyl sites for hydroxylation is 1. The van der Waals surface area contributed by atoms with Crippen LogP contribution in [0.1, 0.15) is 17.0 Å². The van der Waals surface area contributed by atoms with E-state index in [4.69, 9.17) is 0 Å². The Hall–Kier alpha value is -2.63. The molecule has 3 nitrogen and oxygen atoms in total. The van der Waals surface area contributed by atoms with Gasteiger partial charge in [0.2, 0.25) is 0 Å². The minimum absolute atomic E-state index is 0.0480. The van der Waals surface area contributed by atoms with Crippen LogP contribution < -0.4 is 5.56 Å². The van der Waals surface area contributed by atoms with Crippen molar-refractivity contribution < 1.29 is 13.2 Å². The van der Waals surface area contributed by atoms with Crippen molar-refractivity contribution in [1.29, 1.82) is 0 Å². The molecule has 0 fully saturated rings. The lowest BCUT2D eigenvalue weighted by Gasteiger charge is -2.12. The molecule has 0 saturated carbocycles. The van der Waals surface area contributed by atoms with E-state index in [-0.39, 0.29) is 12.1 Å². The van der Waals surface area contributed by atoms with Gasteiger partial charge in [0.1, 0.15) is 5.82 Å². The molecular formula is C17H13F3N2O. The number of alkyl halides is 3. The lowest BCUT2D eigenvalue weighted by atomic mass is 10.1. The Balaban J connectivity index is 2.07. The van der Waals surface area contributed by atoms with Gasteiger partial charge >= 0.3 is 6.18 Å². The molecule has 3 rings (SSSR count). The molecule has 0 amide bonds. The number of halogens is 3. The van der Waals surface area contributed by atoms with Crippen molar-refractivity contribution in [3.63, 3.8) is 0 Å². The average Bonchev–Trinajstić information content (AvgIpc) is 2.51. The second-order valence-electron chi connectivity index (χ2n) is 5.27. The highest BCUT2D eigenvalue weighted by Crippen LogP contribution is 2.29. The predicted molar refractivity (Wildman–Crippen MR) is 81.3 cm³/mol. The molecule has 0 aliphatic heterocycles. The second-order valence-corrected chi connectivity index (χ2v) is 5.27. The smallest absolute Gasteiger partial charge is 0.292 e. The van der Waals surface area contributed by atoms with Crippen LogP contribution in [0, 0.1) is 6.92 Å². The fourth-order valence-electron chi connectivity index (χ4n) is 2.49. The molecule has 0 aliphatic carbocycles. The lowest BCUT2D eigenvalue weighted by Crippen LogP contribution is -2.24. The maximum atomic E-state index is 12.8. The third-order valence-corrected chi connectivity index (χ3v) is 3.65. The van der Waals surface area contributed by atoms with E-state index in [0.29, 0.717) is 22.3 Å². The Kier molecular flexibility index (Phi) is 3.67. The standard InChI is InChI=1S/C17H13F3N2O/c1-11-21-15-8-3-2-7-14(15)16(23)22(11)10-12-5-4-6-13(9-12)17(18,19)20/h2-9H,10H2,1H3. The summed E-state index contributed by atoms with van der Waals surface area (Å²) in [5, 5.41) is 0.449. The van der Waals surface area contributed by atoms with E-state index in [2.05, 4.69) is 4.98 Å². The van der Waals surface area contributed by atoms with Crippen molar-refractivity contribution in [2.75, 3.05) is 0 Å². The first-order valence-corrected chi connectivity index (χ1v) is 6.98. The quantitative estimate of drug-likeness (QED) is 0.721. The van der Waals surface area contributed by atoms with Gasteiger partial charge in [-0.05, 0) is 36.8 Å². The molecule has 6 heteroatoms. The Morgan fingerprint density at radius 2 is 1.83 bits per heavy atom. The van der Waals surface area contributed by atoms with E-state index in [0.717, 1.165) is 12.1 Å². The van der Waals surface area contributed by atoms with Gasteiger partial charge < -0.3 is 0 Å². The van der Waals surface area contributed by atoms with Crippen LogP contribution in [-0.2, 0) is 12.7 Å². The van der Waals surface area contributed by atoms with E-state index >= 15 is 0 Å². The molecule has 118 valence electrons. The summed E-state index contributed by atoms with van der Waals surface area (Å²) in [5.41, 5.74) is -0.00244. The molecule has 0 aliphatic rings. The van der Waals surface area contributed by atoms with Crippen molar-refractivity contribution in [2.45, 2.75) is 19.6 Å². The molecule has 1 aromatic heterocycles. The zero-order valence-electron chi connectivity index (χ0n) is 12.3. The third kappa shape index (κ3) is 2.97. The Morgan fingerprint density at radius 1 is 1.09 bits per heavy atom. The lowest BCUT2D eigenvalue weighted by molar-refractivity contribution is -0.137. The first-order chi connectivity index (χ1) is 10.9. The fraction of sp³-hybridized carbons (Fsp3) is 0.176. The molecule has 0 spiro atoms. The largest absolute Gasteiger partial charge is 0.416 e. The van der Waals surface area contributed by atoms with Gasteiger partial charge in [-0.15, -0.1) is 0 Å². The molecule has 23 heavy (non-hydrogen) atoms. The van der Waals surface area contributed by atoms with Gasteiger partial charge in [-0.25, -0.2) is 4.98 Å². The number of aromatic nitrogens is 2. The number of hydrogen-bond donors (Lipinski definition) is 0. The van der Waals surface area contributed by atoms with Gasteiger partial charge in [0.15, 0.2) is 0 Å². The van der Waals surface area contributed by atoms with Crippen molar-refractivity contribution in [2.24, 2.45) is 0 Å². The van der Waals surface area contributed by atoms with Crippen LogP contribution in [0.4, 0.5) is 13.2 Å². The van der Waals surface area contributed by atoms with Gasteiger partial charge in [0.25, 0.3) is 5.56 Å². The number of para-hydroxylation sites is 1. The maximum absolute atomic E-state index is 12.8. The van der Waals surface area contributed by atoms with Gasteiger partial charge in [0, 0.05) is 0 Å². The van der Waals surface area contributed by atoms with Gasteiger partial charge in [-0.2, -0.15) is 13.2 Å². The van der Waals surface area contributed by atoms with Crippen LogP contribution in [-0.4, -0.2) is 9.55 Å². The van der Waals surface area contributed by atoms with E-state index < -0.39 is 11.7 Å². The van der Waals surface area contributed by atoms with Crippen molar-refractivity contribution in [3.8, 4) is 0 Å². The summed E-state index contributed by atoms with van der Waals surface area (Å²) in [6, 6.07) is 11.9. The molecule has 0 unspecified atom stereocenters. The molecule has 0 saturated heterocycles. The zero-order chi connectivity index (χ0) is 16.6. The van der Waals surface area contributed by atoms with Gasteiger partial charge in [0.05, 0.1) is 23.0 Å². The summed E-state index contributed by atoms with van der Waals surface area (Å²) in [7, 11) is 0. The highest BCUT2D eigenvalue weighted by Gasteiger charge is 2.30. The van der Waals surface area contributed by atoms with Crippen molar-refractivity contribution in [1.82, 2.24) is 9.55 Å². The number of benzene rings is 2. The Labute approximate surface area is 130 Å². The SMILES string of the molecule is Cc1nc2ccccc2c(=O)n1Cc1cccc(C(F)(F)F)c1. The third-order valence-electron chi connectivity index (χ3n) is 3.65. The van der Waals surface area contributed by atoms with Crippen LogP contribution in [0.25, 0.3) is 10.9 Å². The van der Waals surface area contributed by atoms with E-state index in [9.17, 15) is 18.0 Å². The Morgan fingerprint density at radius 3 is 2.57 bits per heavy atom. The minimum Gasteiger partial charge on any atom is -0.292 e. The number of fused-ring (bicyclic) bond motifs is 1. The highest BCUT2D eigenvalue weighted by molar-refractivity contribution is 5.77. The molecule has 0 N–H and O–H groups in total. The summed E-state index contributed by atoms with van der Waals surface area (Å²) < 4.78 is 39.8. The summed E-state index contributed by atoms with van der Waals surface area (Å²) in [5.74, 6) is 0.464. The van der Waals surface area contributed by atoms with Gasteiger partial charge in [-0.1, -0.05) is 24.3 Å². The van der Waals surface area contributed by atoms with E-state index in [1.165, 1.54) is 10.6 Å². The topological polar surface area (TPSA) is 34.9 Å². The second kappa shape index (κ2) is 5.53. The molecule has 3 aromatic rings. The number of hydrogen-bond acceptors (Lipinski definition) is 2. The van der Waals surface area contributed by atoms with Crippen molar-refractivity contribution >= 4 is 10.9 Å². The van der Waals surface area contributed by atoms with Crippen LogP contribution in [0.2, 0.25) is 0 Å². The summed E-state index contributed by atoms with van der Waals surface area (Å²) >= 11 is 0. The molecule has 0 radical (unpaired) electrons. The summed E-state index contributed by atoms with van der Waals surface area (Å²) in [6.45, 7) is 1.72. The summed E-state index contributed by atoms with van der Waals surface area (Å²) in [4.78, 5) is 16.9. The number of nitrogens with zero attached hydrogens (tertiary/aromatic N) is 2. The molecule has 1 heterocycles. The zero-order valence-corrected chi connectivity index (χ0v) is 12.3. The van der Waals surface area contributed by atoms with Gasteiger partial charge in [-0.3, -0.25) is 9.36 Å². The van der Waals surface area contributed by atoms with E-state index in [1.807, 2.05) is 0 Å². The first kappa shape index (κ1) is 15.3. The maximum Gasteiger partial charge on any atom is 0.416 e. The molecule has 0 bridgehead atoms. The van der Waals surface area contributed by atoms with Crippen LogP contribution in [0.5, 0.6) is 0 Å².